The van der Waals surface area contributed by atoms with Crippen molar-refractivity contribution in [1.29, 1.82) is 0 Å². The Hall–Kier alpha value is -0.0200. The fourth-order valence-corrected chi connectivity index (χ4v) is 3.11. The van der Waals surface area contributed by atoms with E-state index in [9.17, 15) is 0 Å². The molecule has 1 aliphatic carbocycles. The molecule has 0 bridgehead atoms. The Morgan fingerprint density at radius 1 is 1.38 bits per heavy atom. The number of halogens is 2. The largest absolute Gasteiger partial charge is 0.489 e. The van der Waals surface area contributed by atoms with Gasteiger partial charge in [-0.1, -0.05) is 35.8 Å². The maximum atomic E-state index is 6.04. The van der Waals surface area contributed by atoms with Crippen LogP contribution in [0, 0.1) is 12.3 Å². The molecule has 1 aromatic carbocycles. The lowest BCUT2D eigenvalue weighted by Crippen LogP contribution is -2.53. The van der Waals surface area contributed by atoms with E-state index in [0.717, 1.165) is 16.6 Å². The third kappa shape index (κ3) is 2.17. The third-order valence-corrected chi connectivity index (χ3v) is 5.59. The zero-order chi connectivity index (χ0) is 11.9. The quantitative estimate of drug-likeness (QED) is 0.704. The predicted molar refractivity (Wildman–Crippen MR) is 74.4 cm³/mol. The zero-order valence-corrected chi connectivity index (χ0v) is 12.9. The van der Waals surface area contributed by atoms with Gasteiger partial charge in [-0.25, -0.2) is 0 Å². The highest BCUT2D eigenvalue weighted by molar-refractivity contribution is 9.10. The topological polar surface area (TPSA) is 9.23 Å². The molecule has 88 valence electrons. The van der Waals surface area contributed by atoms with Crippen molar-refractivity contribution in [3.05, 3.63) is 28.2 Å². The highest BCUT2D eigenvalue weighted by Crippen LogP contribution is 2.48. The van der Waals surface area contributed by atoms with Crippen LogP contribution >= 0.6 is 31.9 Å². The predicted octanol–water partition coefficient (Wildman–Crippen LogP) is 4.70. The molecule has 0 aliphatic heterocycles. The van der Waals surface area contributed by atoms with E-state index in [0.29, 0.717) is 10.9 Å². The Labute approximate surface area is 114 Å². The molecule has 1 fully saturated rings. The molecule has 16 heavy (non-hydrogen) atoms. The summed E-state index contributed by atoms with van der Waals surface area (Å²) in [6.07, 6.45) is 1.38. The number of benzene rings is 1. The van der Waals surface area contributed by atoms with Crippen LogP contribution in [0.1, 0.15) is 25.8 Å². The van der Waals surface area contributed by atoms with Crippen LogP contribution in [-0.4, -0.2) is 10.9 Å². The highest BCUT2D eigenvalue weighted by Gasteiger charge is 2.48. The maximum absolute atomic E-state index is 6.04. The van der Waals surface area contributed by atoms with Crippen LogP contribution in [0.3, 0.4) is 0 Å². The first-order chi connectivity index (χ1) is 7.41. The normalized spacial score (nSPS) is 27.3. The van der Waals surface area contributed by atoms with Crippen molar-refractivity contribution in [2.75, 3.05) is 0 Å². The van der Waals surface area contributed by atoms with Gasteiger partial charge in [0.2, 0.25) is 0 Å². The minimum absolute atomic E-state index is 0.213. The van der Waals surface area contributed by atoms with Gasteiger partial charge in [0.1, 0.15) is 11.9 Å². The van der Waals surface area contributed by atoms with Crippen LogP contribution in [0.15, 0.2) is 22.7 Å². The van der Waals surface area contributed by atoms with Gasteiger partial charge in [0.05, 0.1) is 4.47 Å². The Balaban J connectivity index is 2.11. The molecule has 0 aromatic heterocycles. The van der Waals surface area contributed by atoms with Gasteiger partial charge < -0.3 is 4.74 Å². The average Bonchev–Trinajstić information content (AvgIpc) is 2.21. The molecular weight excluding hydrogens is 332 g/mol. The number of alkyl halides is 1. The van der Waals surface area contributed by atoms with Crippen molar-refractivity contribution in [3.8, 4) is 5.75 Å². The SMILES string of the molecule is Cc1ccc(OC2CC(Br)C2(C)C)c(Br)c1. The molecular formula is C13H16Br2O. The van der Waals surface area contributed by atoms with Gasteiger partial charge in [-0.3, -0.25) is 0 Å². The van der Waals surface area contributed by atoms with E-state index in [1.54, 1.807) is 0 Å². The van der Waals surface area contributed by atoms with Crippen LogP contribution < -0.4 is 4.74 Å². The van der Waals surface area contributed by atoms with E-state index in [4.69, 9.17) is 4.74 Å². The Kier molecular flexibility index (Phi) is 3.37. The molecule has 0 spiro atoms. The molecule has 0 amide bonds. The summed E-state index contributed by atoms with van der Waals surface area (Å²) < 4.78 is 7.09. The van der Waals surface area contributed by atoms with Crippen molar-refractivity contribution in [3.63, 3.8) is 0 Å². The molecule has 0 heterocycles. The second-order valence-electron chi connectivity index (χ2n) is 5.06. The van der Waals surface area contributed by atoms with E-state index in [2.05, 4.69) is 64.8 Å². The Morgan fingerprint density at radius 3 is 2.56 bits per heavy atom. The monoisotopic (exact) mass is 346 g/mol. The van der Waals surface area contributed by atoms with E-state index in [1.807, 2.05) is 6.07 Å². The molecule has 3 heteroatoms. The summed E-state index contributed by atoms with van der Waals surface area (Å²) >= 11 is 7.22. The van der Waals surface area contributed by atoms with E-state index < -0.39 is 0 Å². The number of rotatable bonds is 2. The molecule has 0 radical (unpaired) electrons. The minimum Gasteiger partial charge on any atom is -0.489 e. The Morgan fingerprint density at radius 2 is 2.06 bits per heavy atom. The van der Waals surface area contributed by atoms with Crippen LogP contribution in [-0.2, 0) is 0 Å². The lowest BCUT2D eigenvalue weighted by molar-refractivity contribution is -0.00829. The lowest BCUT2D eigenvalue weighted by atomic mass is 9.69. The number of hydrogen-bond donors (Lipinski definition) is 0. The molecule has 0 N–H and O–H groups in total. The maximum Gasteiger partial charge on any atom is 0.133 e. The smallest absolute Gasteiger partial charge is 0.133 e. The summed E-state index contributed by atoms with van der Waals surface area (Å²) in [5.41, 5.74) is 1.45. The molecule has 1 nitrogen and oxygen atoms in total. The van der Waals surface area contributed by atoms with E-state index in [-0.39, 0.29) is 5.41 Å². The van der Waals surface area contributed by atoms with Crippen molar-refractivity contribution < 1.29 is 4.74 Å². The summed E-state index contributed by atoms with van der Waals surface area (Å²) in [5.74, 6) is 0.947. The summed E-state index contributed by atoms with van der Waals surface area (Å²) in [6, 6.07) is 6.21. The van der Waals surface area contributed by atoms with Crippen molar-refractivity contribution in [2.45, 2.75) is 38.1 Å². The van der Waals surface area contributed by atoms with E-state index >= 15 is 0 Å². The van der Waals surface area contributed by atoms with Gasteiger partial charge >= 0.3 is 0 Å². The minimum atomic E-state index is 0.213. The molecule has 2 rings (SSSR count). The summed E-state index contributed by atoms with van der Waals surface area (Å²) in [7, 11) is 0. The number of ether oxygens (including phenoxy) is 1. The standard InChI is InChI=1S/C13H16Br2O/c1-8-4-5-10(9(14)6-8)16-12-7-11(15)13(12,2)3/h4-6,11-12H,7H2,1-3H3. The summed E-state index contributed by atoms with van der Waals surface area (Å²) in [6.45, 7) is 6.56. The van der Waals surface area contributed by atoms with Crippen LogP contribution in [0.2, 0.25) is 0 Å². The third-order valence-electron chi connectivity index (χ3n) is 3.41. The highest BCUT2D eigenvalue weighted by atomic mass is 79.9. The Bertz CT molecular complexity index is 401. The van der Waals surface area contributed by atoms with Gasteiger partial charge in [-0.05, 0) is 47.0 Å². The number of aryl methyl sites for hydroxylation is 1. The first kappa shape index (κ1) is 12.4. The zero-order valence-electron chi connectivity index (χ0n) is 9.76. The second kappa shape index (κ2) is 4.34. The fourth-order valence-electron chi connectivity index (χ4n) is 1.89. The van der Waals surface area contributed by atoms with E-state index in [1.165, 1.54) is 5.56 Å². The van der Waals surface area contributed by atoms with Crippen molar-refractivity contribution >= 4 is 31.9 Å². The molecule has 1 saturated carbocycles. The molecule has 1 aromatic rings. The fraction of sp³-hybridized carbons (Fsp3) is 0.538. The molecule has 1 aliphatic rings. The molecule has 2 unspecified atom stereocenters. The first-order valence-corrected chi connectivity index (χ1v) is 7.19. The second-order valence-corrected chi connectivity index (χ2v) is 7.02. The van der Waals surface area contributed by atoms with Gasteiger partial charge in [0, 0.05) is 10.2 Å². The number of hydrogen-bond acceptors (Lipinski definition) is 1. The lowest BCUT2D eigenvalue weighted by Gasteiger charge is -2.48. The van der Waals surface area contributed by atoms with Crippen LogP contribution in [0.25, 0.3) is 0 Å². The summed E-state index contributed by atoms with van der Waals surface area (Å²) in [5, 5.41) is 0. The average molecular weight is 348 g/mol. The first-order valence-electron chi connectivity index (χ1n) is 5.48. The van der Waals surface area contributed by atoms with Gasteiger partial charge in [0.15, 0.2) is 0 Å². The van der Waals surface area contributed by atoms with Crippen molar-refractivity contribution in [1.82, 2.24) is 0 Å². The van der Waals surface area contributed by atoms with Gasteiger partial charge in [0.25, 0.3) is 0 Å². The van der Waals surface area contributed by atoms with Gasteiger partial charge in [-0.15, -0.1) is 0 Å². The summed E-state index contributed by atoms with van der Waals surface area (Å²) in [4.78, 5) is 0.564. The van der Waals surface area contributed by atoms with Crippen LogP contribution in [0.4, 0.5) is 0 Å². The molecule has 2 atom stereocenters. The van der Waals surface area contributed by atoms with Gasteiger partial charge in [-0.2, -0.15) is 0 Å². The van der Waals surface area contributed by atoms with Crippen LogP contribution in [0.5, 0.6) is 5.75 Å². The van der Waals surface area contributed by atoms with Crippen molar-refractivity contribution in [2.24, 2.45) is 5.41 Å². The molecule has 0 saturated heterocycles.